The van der Waals surface area contributed by atoms with Gasteiger partial charge in [0.2, 0.25) is 5.91 Å². The van der Waals surface area contributed by atoms with Crippen LogP contribution in [-0.4, -0.2) is 53.5 Å². The molecule has 2 aliphatic rings. The lowest BCUT2D eigenvalue weighted by atomic mass is 10.0. The Kier molecular flexibility index (Phi) is 5.17. The van der Waals surface area contributed by atoms with Crippen molar-refractivity contribution < 1.29 is 14.0 Å². The largest absolute Gasteiger partial charge is 0.352 e. The van der Waals surface area contributed by atoms with Gasteiger partial charge in [-0.05, 0) is 31.0 Å². The molecule has 2 fully saturated rings. The predicted molar refractivity (Wildman–Crippen MR) is 87.7 cm³/mol. The minimum Gasteiger partial charge on any atom is -0.352 e. The monoisotopic (exact) mass is 337 g/mol. The Morgan fingerprint density at radius 1 is 1.30 bits per heavy atom. The predicted octanol–water partition coefficient (Wildman–Crippen LogP) is 1.21. The Morgan fingerprint density at radius 3 is 2.74 bits per heavy atom. The van der Waals surface area contributed by atoms with Gasteiger partial charge in [0.15, 0.2) is 0 Å². The van der Waals surface area contributed by atoms with Crippen LogP contribution in [0.1, 0.15) is 23.2 Å². The van der Waals surface area contributed by atoms with E-state index < -0.39 is 5.82 Å². The number of hydrogen-bond donors (Lipinski definition) is 2. The van der Waals surface area contributed by atoms with E-state index in [1.54, 1.807) is 28.8 Å². The second kappa shape index (κ2) is 7.31. The molecule has 1 aromatic rings. The topological polar surface area (TPSA) is 61.4 Å². The number of rotatable bonds is 3. The van der Waals surface area contributed by atoms with Gasteiger partial charge in [-0.15, -0.1) is 11.8 Å². The second-order valence-corrected chi connectivity index (χ2v) is 6.89. The molecule has 124 valence electrons. The van der Waals surface area contributed by atoms with Gasteiger partial charge >= 0.3 is 0 Å². The Hall–Kier alpha value is -1.60. The third-order valence-electron chi connectivity index (χ3n) is 4.23. The number of carbonyl (C=O) groups is 2. The van der Waals surface area contributed by atoms with E-state index in [2.05, 4.69) is 10.6 Å². The van der Waals surface area contributed by atoms with E-state index in [1.807, 2.05) is 0 Å². The highest BCUT2D eigenvalue weighted by Gasteiger charge is 2.28. The zero-order valence-corrected chi connectivity index (χ0v) is 13.6. The molecule has 2 saturated heterocycles. The first kappa shape index (κ1) is 16.3. The number of halogens is 1. The number of amides is 2. The molecule has 0 radical (unpaired) electrons. The number of benzene rings is 1. The minimum absolute atomic E-state index is 0.0462. The summed E-state index contributed by atoms with van der Waals surface area (Å²) in [4.78, 5) is 26.2. The van der Waals surface area contributed by atoms with Crippen LogP contribution in [0.25, 0.3) is 0 Å². The van der Waals surface area contributed by atoms with Crippen LogP contribution in [0.3, 0.4) is 0 Å². The van der Waals surface area contributed by atoms with E-state index in [0.717, 1.165) is 24.5 Å². The number of carbonyl (C=O) groups excluding carboxylic acids is 2. The summed E-state index contributed by atoms with van der Waals surface area (Å²) in [6.45, 7) is 1.15. The molecule has 1 aromatic carbocycles. The zero-order chi connectivity index (χ0) is 16.2. The third-order valence-corrected chi connectivity index (χ3v) is 5.17. The van der Waals surface area contributed by atoms with E-state index in [-0.39, 0.29) is 23.9 Å². The van der Waals surface area contributed by atoms with E-state index in [4.69, 9.17) is 0 Å². The van der Waals surface area contributed by atoms with E-state index >= 15 is 0 Å². The van der Waals surface area contributed by atoms with Crippen molar-refractivity contribution in [1.29, 1.82) is 0 Å². The summed E-state index contributed by atoms with van der Waals surface area (Å²) in [6, 6.07) is 5.76. The Morgan fingerprint density at radius 2 is 2.09 bits per heavy atom. The van der Waals surface area contributed by atoms with Crippen molar-refractivity contribution >= 4 is 23.6 Å². The number of nitrogens with zero attached hydrogens (tertiary/aromatic N) is 1. The number of hydrogen-bond acceptors (Lipinski definition) is 4. The molecule has 0 bridgehead atoms. The Balaban J connectivity index is 1.50. The van der Waals surface area contributed by atoms with Crippen molar-refractivity contribution in [2.24, 2.45) is 0 Å². The Bertz CT molecular complexity index is 584. The minimum atomic E-state index is -0.403. The maximum atomic E-state index is 13.2. The molecule has 0 spiro atoms. The van der Waals surface area contributed by atoms with Crippen molar-refractivity contribution in [3.63, 3.8) is 0 Å². The highest BCUT2D eigenvalue weighted by molar-refractivity contribution is 7.99. The molecule has 5 nitrogen and oxygen atoms in total. The molecule has 2 amide bonds. The standard InChI is InChI=1S/C16H20FN3O2S/c17-12-3-1-2-11(8-12)16(22)20-6-4-13(5-7-20)19-15(21)14-9-23-10-18-14/h1-3,8,13-14,18H,4-7,9-10H2,(H,19,21). The van der Waals surface area contributed by atoms with Crippen LogP contribution in [0.4, 0.5) is 4.39 Å². The molecule has 0 saturated carbocycles. The molecule has 2 heterocycles. The normalized spacial score (nSPS) is 22.1. The van der Waals surface area contributed by atoms with Gasteiger partial charge in [-0.1, -0.05) is 6.07 Å². The molecule has 7 heteroatoms. The molecule has 0 aliphatic carbocycles. The summed E-state index contributed by atoms with van der Waals surface area (Å²) in [6.07, 6.45) is 1.46. The molecule has 0 aromatic heterocycles. The average Bonchev–Trinajstić information content (AvgIpc) is 3.09. The van der Waals surface area contributed by atoms with Crippen molar-refractivity contribution in [2.45, 2.75) is 24.9 Å². The molecule has 1 unspecified atom stereocenters. The van der Waals surface area contributed by atoms with Crippen LogP contribution in [-0.2, 0) is 4.79 Å². The first-order valence-electron chi connectivity index (χ1n) is 7.80. The summed E-state index contributed by atoms with van der Waals surface area (Å²) in [5, 5.41) is 6.21. The number of piperidine rings is 1. The second-order valence-electron chi connectivity index (χ2n) is 5.86. The third kappa shape index (κ3) is 4.03. The fourth-order valence-corrected chi connectivity index (χ4v) is 3.84. The summed E-state index contributed by atoms with van der Waals surface area (Å²) in [7, 11) is 0. The van der Waals surface area contributed by atoms with E-state index in [1.165, 1.54) is 12.1 Å². The lowest BCUT2D eigenvalue weighted by molar-refractivity contribution is -0.123. The smallest absolute Gasteiger partial charge is 0.253 e. The van der Waals surface area contributed by atoms with Crippen LogP contribution in [0.15, 0.2) is 24.3 Å². The zero-order valence-electron chi connectivity index (χ0n) is 12.8. The van der Waals surface area contributed by atoms with Gasteiger partial charge < -0.3 is 10.2 Å². The summed E-state index contributed by atoms with van der Waals surface area (Å²) in [5.41, 5.74) is 0.375. The first-order valence-corrected chi connectivity index (χ1v) is 8.95. The van der Waals surface area contributed by atoms with Crippen LogP contribution >= 0.6 is 11.8 Å². The fraction of sp³-hybridized carbons (Fsp3) is 0.500. The highest BCUT2D eigenvalue weighted by Crippen LogP contribution is 2.16. The van der Waals surface area contributed by atoms with Crippen molar-refractivity contribution in [3.05, 3.63) is 35.6 Å². The average molecular weight is 337 g/mol. The van der Waals surface area contributed by atoms with Gasteiger partial charge in [0.1, 0.15) is 5.82 Å². The van der Waals surface area contributed by atoms with Crippen LogP contribution in [0, 0.1) is 5.82 Å². The lowest BCUT2D eigenvalue weighted by Gasteiger charge is -2.33. The van der Waals surface area contributed by atoms with Gasteiger partial charge in [-0.25, -0.2) is 4.39 Å². The fourth-order valence-electron chi connectivity index (χ4n) is 2.90. The Labute approximate surface area is 139 Å². The van der Waals surface area contributed by atoms with Crippen LogP contribution in [0.5, 0.6) is 0 Å². The molecule has 1 atom stereocenters. The molecule has 2 N–H and O–H groups in total. The lowest BCUT2D eigenvalue weighted by Crippen LogP contribution is -2.51. The summed E-state index contributed by atoms with van der Waals surface area (Å²) < 4.78 is 13.2. The molecular formula is C16H20FN3O2S. The SMILES string of the molecule is O=C(NC1CCN(C(=O)c2cccc(F)c2)CC1)C1CSCN1. The first-order chi connectivity index (χ1) is 11.1. The van der Waals surface area contributed by atoms with Gasteiger partial charge in [-0.2, -0.15) is 0 Å². The molecule has 2 aliphatic heterocycles. The van der Waals surface area contributed by atoms with Gasteiger partial charge in [0.05, 0.1) is 6.04 Å². The number of likely N-dealkylation sites (tertiary alicyclic amines) is 1. The van der Waals surface area contributed by atoms with E-state index in [0.29, 0.717) is 18.7 Å². The highest BCUT2D eigenvalue weighted by atomic mass is 32.2. The van der Waals surface area contributed by atoms with Gasteiger partial charge in [-0.3, -0.25) is 14.9 Å². The summed E-state index contributed by atoms with van der Waals surface area (Å²) in [5.74, 6) is 1.12. The number of nitrogens with one attached hydrogen (secondary N) is 2. The molecule has 23 heavy (non-hydrogen) atoms. The maximum absolute atomic E-state index is 13.2. The number of thioether (sulfide) groups is 1. The van der Waals surface area contributed by atoms with Crippen LogP contribution < -0.4 is 10.6 Å². The van der Waals surface area contributed by atoms with Gasteiger partial charge in [0, 0.05) is 36.3 Å². The van der Waals surface area contributed by atoms with Crippen LogP contribution in [0.2, 0.25) is 0 Å². The maximum Gasteiger partial charge on any atom is 0.253 e. The van der Waals surface area contributed by atoms with Crippen molar-refractivity contribution in [2.75, 3.05) is 24.7 Å². The molecular weight excluding hydrogens is 317 g/mol. The summed E-state index contributed by atoms with van der Waals surface area (Å²) >= 11 is 1.72. The van der Waals surface area contributed by atoms with E-state index in [9.17, 15) is 14.0 Å². The van der Waals surface area contributed by atoms with Crippen molar-refractivity contribution in [1.82, 2.24) is 15.5 Å². The van der Waals surface area contributed by atoms with Crippen molar-refractivity contribution in [3.8, 4) is 0 Å². The quantitative estimate of drug-likeness (QED) is 0.870. The van der Waals surface area contributed by atoms with Gasteiger partial charge in [0.25, 0.3) is 5.91 Å². The molecule has 3 rings (SSSR count).